The molecule has 2 rings (SSSR count). The second-order valence-corrected chi connectivity index (χ2v) is 5.70. The molecule has 0 fully saturated rings. The Hall–Kier alpha value is -1.64. The number of hydrogen-bond donors (Lipinski definition) is 2. The van der Waals surface area contributed by atoms with Crippen molar-refractivity contribution in [2.75, 3.05) is 38.4 Å². The monoisotopic (exact) mass is 372 g/mol. The average Bonchev–Trinajstić information content (AvgIpc) is 2.49. The fourth-order valence-corrected chi connectivity index (χ4v) is 2.45. The Kier molecular flexibility index (Phi) is 5.76. The summed E-state index contributed by atoms with van der Waals surface area (Å²) in [5.41, 5.74) is 0.543. The Morgan fingerprint density at radius 2 is 2.36 bits per heavy atom. The van der Waals surface area contributed by atoms with Gasteiger partial charge in [-0.2, -0.15) is 0 Å². The summed E-state index contributed by atoms with van der Waals surface area (Å²) in [6.45, 7) is -0.293. The van der Waals surface area contributed by atoms with Crippen LogP contribution in [0.25, 0.3) is 0 Å². The first-order chi connectivity index (χ1) is 10.5. The molecule has 0 aliphatic carbocycles. The molecule has 22 heavy (non-hydrogen) atoms. The Morgan fingerprint density at radius 1 is 1.59 bits per heavy atom. The highest BCUT2D eigenvalue weighted by molar-refractivity contribution is 9.10. The molecule has 8 heteroatoms. The van der Waals surface area contributed by atoms with Gasteiger partial charge in [-0.15, -0.1) is 0 Å². The smallest absolute Gasteiger partial charge is 0.265 e. The van der Waals surface area contributed by atoms with Crippen molar-refractivity contribution in [1.29, 1.82) is 0 Å². The van der Waals surface area contributed by atoms with Crippen LogP contribution in [0.4, 0.5) is 5.69 Å². The Balaban J connectivity index is 2.09. The van der Waals surface area contributed by atoms with Gasteiger partial charge in [0.2, 0.25) is 5.91 Å². The third-order valence-electron chi connectivity index (χ3n) is 3.12. The molecule has 0 bridgehead atoms. The molecule has 1 aromatic carbocycles. The highest BCUT2D eigenvalue weighted by Crippen LogP contribution is 2.34. The highest BCUT2D eigenvalue weighted by Gasteiger charge is 2.28. The molecule has 0 saturated carbocycles. The molecule has 0 radical (unpaired) electrons. The molecule has 0 unspecified atom stereocenters. The van der Waals surface area contributed by atoms with Crippen molar-refractivity contribution in [2.45, 2.75) is 6.04 Å². The number of nitrogens with one attached hydrogen (secondary N) is 1. The first-order valence-electron chi connectivity index (χ1n) is 6.67. The van der Waals surface area contributed by atoms with Crippen molar-refractivity contribution >= 4 is 33.4 Å². The maximum absolute atomic E-state index is 12.1. The normalized spacial score (nSPS) is 15.0. The van der Waals surface area contributed by atoms with Crippen LogP contribution < -0.4 is 15.0 Å². The summed E-state index contributed by atoms with van der Waals surface area (Å²) < 4.78 is 11.1. The first kappa shape index (κ1) is 16.7. The van der Waals surface area contributed by atoms with Gasteiger partial charge in [0, 0.05) is 11.6 Å². The Morgan fingerprint density at radius 3 is 3.05 bits per heavy atom. The summed E-state index contributed by atoms with van der Waals surface area (Å²) >= 11 is 3.33. The van der Waals surface area contributed by atoms with Gasteiger partial charge in [-0.1, -0.05) is 15.9 Å². The number of nitrogens with zero attached hydrogens (tertiary/aromatic N) is 1. The van der Waals surface area contributed by atoms with Gasteiger partial charge in [0.1, 0.15) is 12.3 Å². The molecule has 0 aromatic heterocycles. The van der Waals surface area contributed by atoms with Crippen molar-refractivity contribution in [3.63, 3.8) is 0 Å². The third kappa shape index (κ3) is 3.96. The maximum atomic E-state index is 12.1. The number of carbonyl (C=O) groups excluding carboxylic acids is 2. The number of anilines is 1. The zero-order valence-electron chi connectivity index (χ0n) is 12.0. The van der Waals surface area contributed by atoms with Crippen LogP contribution in [-0.4, -0.2) is 56.4 Å². The van der Waals surface area contributed by atoms with Crippen molar-refractivity contribution in [3.8, 4) is 5.75 Å². The number of hydrogen-bond acceptors (Lipinski definition) is 5. The quantitative estimate of drug-likeness (QED) is 0.749. The van der Waals surface area contributed by atoms with Gasteiger partial charge in [-0.25, -0.2) is 0 Å². The summed E-state index contributed by atoms with van der Waals surface area (Å²) in [7, 11) is 1.48. The van der Waals surface area contributed by atoms with E-state index in [1.807, 2.05) is 0 Å². The summed E-state index contributed by atoms with van der Waals surface area (Å²) in [5, 5.41) is 11.8. The zero-order valence-corrected chi connectivity index (χ0v) is 13.6. The van der Waals surface area contributed by atoms with Gasteiger partial charge in [0.25, 0.3) is 5.91 Å². The molecule has 120 valence electrons. The zero-order chi connectivity index (χ0) is 16.1. The van der Waals surface area contributed by atoms with Gasteiger partial charge in [0.05, 0.1) is 24.9 Å². The minimum absolute atomic E-state index is 0.113. The summed E-state index contributed by atoms with van der Waals surface area (Å²) in [6.07, 6.45) is 0. The van der Waals surface area contributed by atoms with Gasteiger partial charge in [0.15, 0.2) is 6.61 Å². The van der Waals surface area contributed by atoms with Crippen molar-refractivity contribution in [3.05, 3.63) is 22.7 Å². The first-order valence-corrected chi connectivity index (χ1v) is 7.46. The number of halogens is 1. The fourth-order valence-electron chi connectivity index (χ4n) is 2.11. The van der Waals surface area contributed by atoms with Crippen LogP contribution in [0.15, 0.2) is 22.7 Å². The van der Waals surface area contributed by atoms with Crippen molar-refractivity contribution in [1.82, 2.24) is 5.32 Å². The van der Waals surface area contributed by atoms with Gasteiger partial charge < -0.3 is 19.9 Å². The third-order valence-corrected chi connectivity index (χ3v) is 3.61. The molecule has 1 aliphatic heterocycles. The van der Waals surface area contributed by atoms with E-state index in [9.17, 15) is 9.59 Å². The Labute approximate surface area is 136 Å². The van der Waals surface area contributed by atoms with Crippen LogP contribution in [0.5, 0.6) is 5.75 Å². The molecule has 2 N–H and O–H groups in total. The van der Waals surface area contributed by atoms with Crippen molar-refractivity contribution in [2.24, 2.45) is 0 Å². The lowest BCUT2D eigenvalue weighted by Crippen LogP contribution is -2.49. The lowest BCUT2D eigenvalue weighted by atomic mass is 10.2. The summed E-state index contributed by atoms with van der Waals surface area (Å²) in [4.78, 5) is 25.4. The van der Waals surface area contributed by atoms with Crippen LogP contribution >= 0.6 is 15.9 Å². The number of rotatable bonds is 6. The van der Waals surface area contributed by atoms with E-state index in [2.05, 4.69) is 21.2 Å². The molecular formula is C14H17BrN2O5. The molecule has 1 aromatic rings. The molecule has 1 aliphatic rings. The molecule has 1 heterocycles. The minimum atomic E-state index is -0.502. The van der Waals surface area contributed by atoms with Crippen LogP contribution in [0.3, 0.4) is 0 Å². The van der Waals surface area contributed by atoms with Gasteiger partial charge >= 0.3 is 0 Å². The minimum Gasteiger partial charge on any atom is -0.482 e. The fraction of sp³-hybridized carbons (Fsp3) is 0.429. The van der Waals surface area contributed by atoms with E-state index in [0.717, 1.165) is 4.47 Å². The van der Waals surface area contributed by atoms with E-state index in [-0.39, 0.29) is 38.2 Å². The summed E-state index contributed by atoms with van der Waals surface area (Å²) in [5.74, 6) is -0.130. The van der Waals surface area contributed by atoms with Crippen LogP contribution in [0.1, 0.15) is 0 Å². The number of amides is 2. The molecule has 7 nitrogen and oxygen atoms in total. The lowest BCUT2D eigenvalue weighted by molar-refractivity contribution is -0.126. The second kappa shape index (κ2) is 7.57. The number of benzene rings is 1. The second-order valence-electron chi connectivity index (χ2n) is 4.78. The molecule has 2 amide bonds. The number of fused-ring (bicyclic) bond motifs is 1. The van der Waals surface area contributed by atoms with E-state index >= 15 is 0 Å². The molecule has 1 atom stereocenters. The maximum Gasteiger partial charge on any atom is 0.265 e. The molecule has 0 saturated heterocycles. The topological polar surface area (TPSA) is 88.1 Å². The SMILES string of the molecule is COC[C@@H](CO)NC(=O)CN1C(=O)COc2cc(Br)ccc21. The number of aliphatic hydroxyl groups is 1. The van der Waals surface area contributed by atoms with Crippen LogP contribution in [0.2, 0.25) is 0 Å². The number of methoxy groups -OCH3 is 1. The van der Waals surface area contributed by atoms with E-state index < -0.39 is 6.04 Å². The number of aliphatic hydroxyl groups excluding tert-OH is 1. The number of carbonyl (C=O) groups is 2. The largest absolute Gasteiger partial charge is 0.482 e. The van der Waals surface area contributed by atoms with E-state index in [4.69, 9.17) is 14.6 Å². The predicted octanol–water partition coefficient (Wildman–Crippen LogP) is 0.298. The average molecular weight is 373 g/mol. The van der Waals surface area contributed by atoms with E-state index in [1.165, 1.54) is 12.0 Å². The lowest BCUT2D eigenvalue weighted by Gasteiger charge is -2.29. The van der Waals surface area contributed by atoms with Crippen LogP contribution in [0, 0.1) is 0 Å². The predicted molar refractivity (Wildman–Crippen MR) is 82.9 cm³/mol. The Bertz CT molecular complexity index is 566. The van der Waals surface area contributed by atoms with Gasteiger partial charge in [-0.05, 0) is 18.2 Å². The van der Waals surface area contributed by atoms with Crippen LogP contribution in [-0.2, 0) is 14.3 Å². The summed E-state index contributed by atoms with van der Waals surface area (Å²) in [6, 6.07) is 4.72. The van der Waals surface area contributed by atoms with Crippen molar-refractivity contribution < 1.29 is 24.2 Å². The molecule has 0 spiro atoms. The number of ether oxygens (including phenoxy) is 2. The van der Waals surface area contributed by atoms with E-state index in [0.29, 0.717) is 11.4 Å². The van der Waals surface area contributed by atoms with Gasteiger partial charge in [-0.3, -0.25) is 14.5 Å². The highest BCUT2D eigenvalue weighted by atomic mass is 79.9. The standard InChI is InChI=1S/C14H17BrN2O5/c1-21-7-10(6-18)16-13(19)5-17-11-3-2-9(15)4-12(11)22-8-14(17)20/h2-4,10,18H,5-8H2,1H3,(H,16,19)/t10-/m1/s1. The molecular weight excluding hydrogens is 356 g/mol. The van der Waals surface area contributed by atoms with E-state index in [1.54, 1.807) is 18.2 Å².